The number of rotatable bonds is 10. The van der Waals surface area contributed by atoms with E-state index in [2.05, 4.69) is 20.0 Å². The van der Waals surface area contributed by atoms with Crippen LogP contribution in [0.4, 0.5) is 10.5 Å². The maximum absolute atomic E-state index is 12.4. The quantitative estimate of drug-likeness (QED) is 0.390. The minimum atomic E-state index is -0.777. The zero-order valence-corrected chi connectivity index (χ0v) is 20.3. The fraction of sp³-hybridized carbons (Fsp3) is 0.320. The van der Waals surface area contributed by atoms with Crippen molar-refractivity contribution in [3.8, 4) is 17.1 Å². The lowest BCUT2D eigenvalue weighted by Gasteiger charge is -2.16. The van der Waals surface area contributed by atoms with E-state index in [-0.39, 0.29) is 25.4 Å². The first kappa shape index (κ1) is 25.5. The maximum atomic E-state index is 12.4. The van der Waals surface area contributed by atoms with E-state index in [0.29, 0.717) is 29.4 Å². The Hall–Kier alpha value is -4.61. The number of amides is 2. The van der Waals surface area contributed by atoms with Gasteiger partial charge >= 0.3 is 17.8 Å². The number of H-pyrrole nitrogens is 1. The first-order valence-electron chi connectivity index (χ1n) is 11.6. The van der Waals surface area contributed by atoms with Crippen molar-refractivity contribution in [1.82, 2.24) is 15.5 Å². The molecule has 0 radical (unpaired) electrons. The van der Waals surface area contributed by atoms with E-state index in [1.54, 1.807) is 55.5 Å². The van der Waals surface area contributed by atoms with Gasteiger partial charge in [0.05, 0.1) is 13.7 Å². The van der Waals surface area contributed by atoms with Gasteiger partial charge < -0.3 is 19.5 Å². The maximum Gasteiger partial charge on any atom is 0.439 e. The van der Waals surface area contributed by atoms with Gasteiger partial charge in [-0.05, 0) is 42.0 Å². The molecule has 0 saturated carbocycles. The van der Waals surface area contributed by atoms with Crippen LogP contribution in [0, 0.1) is 0 Å². The van der Waals surface area contributed by atoms with E-state index in [1.165, 1.54) is 12.0 Å². The Labute approximate surface area is 211 Å². The number of cyclic esters (lactones) is 1. The number of hydrogen-bond donors (Lipinski definition) is 2. The highest BCUT2D eigenvalue weighted by atomic mass is 16.6. The number of carbonyl (C=O) groups excluding carboxylic acids is 3. The SMILES string of the molecule is CCC(=O)NC(Cc1ccc(OCC2CN(c3ccc(-c4noc(=O)[nH]4)cc3)C(=O)O2)cc1)C(=O)OC. The number of hydrogen-bond acceptors (Lipinski definition) is 9. The van der Waals surface area contributed by atoms with E-state index in [1.807, 2.05) is 0 Å². The second-order valence-electron chi connectivity index (χ2n) is 8.26. The summed E-state index contributed by atoms with van der Waals surface area (Å²) in [5.41, 5.74) is 2.08. The number of esters is 1. The summed E-state index contributed by atoms with van der Waals surface area (Å²) in [6.07, 6.45) is -0.430. The number of nitrogens with zero attached hydrogens (tertiary/aromatic N) is 2. The molecule has 1 aliphatic heterocycles. The van der Waals surface area contributed by atoms with Gasteiger partial charge in [-0.25, -0.2) is 14.4 Å². The Kier molecular flexibility index (Phi) is 7.86. The van der Waals surface area contributed by atoms with Crippen LogP contribution in [0.1, 0.15) is 18.9 Å². The number of ether oxygens (including phenoxy) is 3. The van der Waals surface area contributed by atoms with Crippen molar-refractivity contribution in [3.05, 3.63) is 64.6 Å². The molecule has 37 heavy (non-hydrogen) atoms. The van der Waals surface area contributed by atoms with Crippen molar-refractivity contribution in [2.45, 2.75) is 31.9 Å². The number of methoxy groups -OCH3 is 1. The zero-order valence-electron chi connectivity index (χ0n) is 20.3. The van der Waals surface area contributed by atoms with Crippen molar-refractivity contribution in [2.75, 3.05) is 25.2 Å². The molecule has 1 aliphatic rings. The molecule has 1 aromatic heterocycles. The fourth-order valence-corrected chi connectivity index (χ4v) is 3.75. The molecule has 1 fully saturated rings. The molecular formula is C25H26N4O8. The fourth-order valence-electron chi connectivity index (χ4n) is 3.75. The van der Waals surface area contributed by atoms with Crippen LogP contribution in [-0.2, 0) is 25.5 Å². The van der Waals surface area contributed by atoms with Crippen LogP contribution in [0.25, 0.3) is 11.4 Å². The molecule has 0 spiro atoms. The summed E-state index contributed by atoms with van der Waals surface area (Å²) in [6, 6.07) is 13.1. The highest BCUT2D eigenvalue weighted by molar-refractivity contribution is 5.90. The van der Waals surface area contributed by atoms with Crippen LogP contribution in [0.5, 0.6) is 5.75 Å². The Morgan fingerprint density at radius 2 is 1.89 bits per heavy atom. The molecular weight excluding hydrogens is 484 g/mol. The van der Waals surface area contributed by atoms with E-state index in [0.717, 1.165) is 5.56 Å². The van der Waals surface area contributed by atoms with E-state index < -0.39 is 30.0 Å². The van der Waals surface area contributed by atoms with Crippen molar-refractivity contribution in [1.29, 1.82) is 0 Å². The number of aromatic amines is 1. The molecule has 0 bridgehead atoms. The van der Waals surface area contributed by atoms with Gasteiger partial charge in [0.2, 0.25) is 5.91 Å². The number of aromatic nitrogens is 2. The molecule has 1 saturated heterocycles. The lowest BCUT2D eigenvalue weighted by Crippen LogP contribution is -2.42. The molecule has 2 unspecified atom stereocenters. The van der Waals surface area contributed by atoms with Gasteiger partial charge in [-0.2, -0.15) is 0 Å². The number of nitrogens with one attached hydrogen (secondary N) is 2. The number of carbonyl (C=O) groups is 3. The smallest absolute Gasteiger partial charge is 0.439 e. The predicted octanol–water partition coefficient (Wildman–Crippen LogP) is 2.04. The van der Waals surface area contributed by atoms with Gasteiger partial charge in [-0.15, -0.1) is 0 Å². The summed E-state index contributed by atoms with van der Waals surface area (Å²) in [7, 11) is 1.28. The summed E-state index contributed by atoms with van der Waals surface area (Å²) >= 11 is 0. The van der Waals surface area contributed by atoms with Crippen LogP contribution in [0.3, 0.4) is 0 Å². The normalized spacial score (nSPS) is 15.7. The van der Waals surface area contributed by atoms with E-state index >= 15 is 0 Å². The predicted molar refractivity (Wildman–Crippen MR) is 130 cm³/mol. The van der Waals surface area contributed by atoms with E-state index in [4.69, 9.17) is 14.2 Å². The third-order valence-electron chi connectivity index (χ3n) is 5.71. The van der Waals surface area contributed by atoms with Crippen LogP contribution in [-0.4, -0.2) is 60.5 Å². The largest absolute Gasteiger partial charge is 0.490 e. The highest BCUT2D eigenvalue weighted by Gasteiger charge is 2.33. The molecule has 3 aromatic rings. The topological polar surface area (TPSA) is 153 Å². The number of anilines is 1. The Morgan fingerprint density at radius 3 is 2.51 bits per heavy atom. The Morgan fingerprint density at radius 1 is 1.16 bits per heavy atom. The minimum absolute atomic E-state index is 0.150. The third-order valence-corrected chi connectivity index (χ3v) is 5.71. The second-order valence-corrected chi connectivity index (χ2v) is 8.26. The van der Waals surface area contributed by atoms with E-state index in [9.17, 15) is 19.2 Å². The van der Waals surface area contributed by atoms with Gasteiger partial charge in [-0.3, -0.25) is 19.2 Å². The minimum Gasteiger partial charge on any atom is -0.490 e. The van der Waals surface area contributed by atoms with Crippen LogP contribution in [0.2, 0.25) is 0 Å². The number of benzene rings is 2. The third kappa shape index (κ3) is 6.34. The summed E-state index contributed by atoms with van der Waals surface area (Å²) in [6.45, 7) is 2.16. The summed E-state index contributed by atoms with van der Waals surface area (Å²) in [5.74, 6) is -0.540. The molecule has 2 amide bonds. The molecule has 2 atom stereocenters. The lowest BCUT2D eigenvalue weighted by molar-refractivity contribution is -0.145. The lowest BCUT2D eigenvalue weighted by atomic mass is 10.1. The van der Waals surface area contributed by atoms with Crippen LogP contribution < -0.4 is 20.7 Å². The summed E-state index contributed by atoms with van der Waals surface area (Å²) < 4.78 is 20.5. The highest BCUT2D eigenvalue weighted by Crippen LogP contribution is 2.25. The van der Waals surface area contributed by atoms with Crippen molar-refractivity contribution in [3.63, 3.8) is 0 Å². The van der Waals surface area contributed by atoms with Crippen molar-refractivity contribution >= 4 is 23.7 Å². The zero-order chi connectivity index (χ0) is 26.4. The second kappa shape index (κ2) is 11.4. The summed E-state index contributed by atoms with van der Waals surface area (Å²) in [5, 5.41) is 6.29. The van der Waals surface area contributed by atoms with Crippen molar-refractivity contribution in [2.24, 2.45) is 0 Å². The molecule has 12 heteroatoms. The molecule has 4 rings (SSSR count). The molecule has 194 valence electrons. The molecule has 2 N–H and O–H groups in total. The summed E-state index contributed by atoms with van der Waals surface area (Å²) in [4.78, 5) is 51.2. The standard InChI is InChI=1S/C25H26N4O8/c1-3-21(30)26-20(23(31)34-2)12-15-4-10-18(11-5-15)35-14-19-13-29(25(33)36-19)17-8-6-16(7-9-17)22-27-24(32)37-28-22/h4-11,19-20H,3,12-14H2,1-2H3,(H,26,30)(H,27,28,32). The first-order valence-corrected chi connectivity index (χ1v) is 11.6. The molecule has 2 heterocycles. The average molecular weight is 511 g/mol. The van der Waals surface area contributed by atoms with Gasteiger partial charge in [0, 0.05) is 24.1 Å². The first-order chi connectivity index (χ1) is 17.9. The van der Waals surface area contributed by atoms with Gasteiger partial charge in [0.25, 0.3) is 0 Å². The molecule has 12 nitrogen and oxygen atoms in total. The molecule has 2 aromatic carbocycles. The Bertz CT molecular complexity index is 1300. The van der Waals surface area contributed by atoms with Gasteiger partial charge in [0.1, 0.15) is 18.4 Å². The van der Waals surface area contributed by atoms with Gasteiger partial charge in [-0.1, -0.05) is 24.2 Å². The van der Waals surface area contributed by atoms with Gasteiger partial charge in [0.15, 0.2) is 11.9 Å². The van der Waals surface area contributed by atoms with Crippen LogP contribution in [0.15, 0.2) is 57.8 Å². The van der Waals surface area contributed by atoms with Crippen molar-refractivity contribution < 1.29 is 33.1 Å². The monoisotopic (exact) mass is 510 g/mol. The molecule has 0 aliphatic carbocycles. The average Bonchev–Trinajstić information content (AvgIpc) is 3.52. The van der Waals surface area contributed by atoms with Crippen LogP contribution >= 0.6 is 0 Å². The Balaban J connectivity index is 1.30.